The topological polar surface area (TPSA) is 42.8 Å². The molecule has 28 heavy (non-hydrogen) atoms. The molecule has 0 saturated carbocycles. The molecular weight excluding hydrogens is 368 g/mol. The number of benzene rings is 1. The number of hydrogen-bond acceptors (Lipinski definition) is 6. The van der Waals surface area contributed by atoms with Crippen molar-refractivity contribution in [3.63, 3.8) is 0 Å². The second-order valence-electron chi connectivity index (χ2n) is 8.17. The molecule has 1 aromatic carbocycles. The van der Waals surface area contributed by atoms with Crippen LogP contribution in [0.4, 0.5) is 0 Å². The van der Waals surface area contributed by atoms with Gasteiger partial charge in [0, 0.05) is 49.3 Å². The van der Waals surface area contributed by atoms with Crippen LogP contribution in [-0.2, 0) is 6.54 Å². The van der Waals surface area contributed by atoms with E-state index in [1.165, 1.54) is 36.5 Å². The molecule has 2 saturated heterocycles. The smallest absolute Gasteiger partial charge is 0.107 e. The van der Waals surface area contributed by atoms with Crippen molar-refractivity contribution >= 4 is 11.3 Å². The molecule has 6 heteroatoms. The van der Waals surface area contributed by atoms with Crippen molar-refractivity contribution in [1.82, 2.24) is 19.7 Å². The van der Waals surface area contributed by atoms with Gasteiger partial charge in [0.05, 0.1) is 12.2 Å². The van der Waals surface area contributed by atoms with E-state index in [1.807, 2.05) is 6.07 Å². The van der Waals surface area contributed by atoms with Crippen LogP contribution in [-0.4, -0.2) is 83.3 Å². The van der Waals surface area contributed by atoms with Gasteiger partial charge < -0.3 is 10.0 Å². The van der Waals surface area contributed by atoms with Gasteiger partial charge in [-0.25, -0.2) is 4.98 Å². The summed E-state index contributed by atoms with van der Waals surface area (Å²) in [5.74, 6) is 0. The number of aliphatic hydroxyl groups is 1. The first kappa shape index (κ1) is 20.0. The molecule has 2 aromatic rings. The standard InChI is InChI=1S/C22H32N4OS/c1-24-10-7-19(8-11-24)26-13-12-25(15-20(26)9-14-27)16-22-23-21(17-28-22)18-5-3-2-4-6-18/h2-6,17,19-20,27H,7-16H2,1H3/t20-/m0/s1. The fourth-order valence-corrected chi connectivity index (χ4v) is 5.45. The third kappa shape index (κ3) is 4.81. The number of likely N-dealkylation sites (tertiary alicyclic amines) is 1. The number of piperidine rings is 1. The van der Waals surface area contributed by atoms with Crippen molar-refractivity contribution in [2.24, 2.45) is 0 Å². The van der Waals surface area contributed by atoms with E-state index in [1.54, 1.807) is 11.3 Å². The first-order chi connectivity index (χ1) is 13.7. The second kappa shape index (κ2) is 9.46. The van der Waals surface area contributed by atoms with Crippen molar-refractivity contribution in [2.45, 2.75) is 37.9 Å². The lowest BCUT2D eigenvalue weighted by Gasteiger charge is -2.47. The largest absolute Gasteiger partial charge is 0.396 e. The SMILES string of the molecule is CN1CCC(N2CCN(Cc3nc(-c4ccccc4)cs3)C[C@@H]2CCO)CC1. The molecule has 2 fully saturated rings. The molecule has 5 nitrogen and oxygen atoms in total. The normalized spacial score (nSPS) is 23.3. The lowest BCUT2D eigenvalue weighted by atomic mass is 9.98. The van der Waals surface area contributed by atoms with Crippen LogP contribution in [0.5, 0.6) is 0 Å². The number of rotatable bonds is 6. The van der Waals surface area contributed by atoms with Gasteiger partial charge in [0.15, 0.2) is 0 Å². The van der Waals surface area contributed by atoms with Gasteiger partial charge in [-0.2, -0.15) is 0 Å². The molecule has 4 rings (SSSR count). The molecular formula is C22H32N4OS. The van der Waals surface area contributed by atoms with Crippen LogP contribution in [0.15, 0.2) is 35.7 Å². The molecule has 0 bridgehead atoms. The van der Waals surface area contributed by atoms with Crippen LogP contribution in [0.1, 0.15) is 24.3 Å². The summed E-state index contributed by atoms with van der Waals surface area (Å²) in [6, 6.07) is 11.6. The Balaban J connectivity index is 1.37. The van der Waals surface area contributed by atoms with Crippen LogP contribution >= 0.6 is 11.3 Å². The maximum atomic E-state index is 9.62. The Morgan fingerprint density at radius 2 is 1.89 bits per heavy atom. The highest BCUT2D eigenvalue weighted by Crippen LogP contribution is 2.26. The Bertz CT molecular complexity index is 729. The highest BCUT2D eigenvalue weighted by Gasteiger charge is 2.33. The Morgan fingerprint density at radius 1 is 1.11 bits per heavy atom. The Kier molecular flexibility index (Phi) is 6.75. The van der Waals surface area contributed by atoms with Crippen LogP contribution in [0, 0.1) is 0 Å². The average molecular weight is 401 g/mol. The van der Waals surface area contributed by atoms with E-state index >= 15 is 0 Å². The minimum Gasteiger partial charge on any atom is -0.396 e. The summed E-state index contributed by atoms with van der Waals surface area (Å²) >= 11 is 1.76. The monoisotopic (exact) mass is 400 g/mol. The number of piperazine rings is 1. The van der Waals surface area contributed by atoms with Crippen LogP contribution in [0.25, 0.3) is 11.3 Å². The fraction of sp³-hybridized carbons (Fsp3) is 0.591. The lowest BCUT2D eigenvalue weighted by molar-refractivity contribution is 0.00599. The van der Waals surface area contributed by atoms with Gasteiger partial charge in [0.25, 0.3) is 0 Å². The third-order valence-corrected chi connectivity index (χ3v) is 7.05. The maximum Gasteiger partial charge on any atom is 0.107 e. The fourth-order valence-electron chi connectivity index (χ4n) is 4.61. The van der Waals surface area contributed by atoms with Crippen LogP contribution in [0.3, 0.4) is 0 Å². The average Bonchev–Trinajstić information content (AvgIpc) is 3.19. The van der Waals surface area contributed by atoms with Gasteiger partial charge in [-0.3, -0.25) is 9.80 Å². The zero-order valence-electron chi connectivity index (χ0n) is 16.8. The molecule has 0 radical (unpaired) electrons. The number of hydrogen-bond donors (Lipinski definition) is 1. The summed E-state index contributed by atoms with van der Waals surface area (Å²) in [5.41, 5.74) is 2.27. The first-order valence-corrected chi connectivity index (χ1v) is 11.4. The predicted octanol–water partition coefficient (Wildman–Crippen LogP) is 2.77. The van der Waals surface area contributed by atoms with Crippen molar-refractivity contribution in [3.8, 4) is 11.3 Å². The second-order valence-corrected chi connectivity index (χ2v) is 9.11. The summed E-state index contributed by atoms with van der Waals surface area (Å²) in [7, 11) is 2.22. The van der Waals surface area contributed by atoms with E-state index in [4.69, 9.17) is 4.98 Å². The van der Waals surface area contributed by atoms with Gasteiger partial charge in [-0.1, -0.05) is 30.3 Å². The minimum absolute atomic E-state index is 0.275. The van der Waals surface area contributed by atoms with Gasteiger partial charge in [-0.05, 0) is 39.4 Å². The maximum absolute atomic E-state index is 9.62. The van der Waals surface area contributed by atoms with Crippen molar-refractivity contribution in [3.05, 3.63) is 40.7 Å². The summed E-state index contributed by atoms with van der Waals surface area (Å²) in [6.07, 6.45) is 3.38. The number of aromatic nitrogens is 1. The van der Waals surface area contributed by atoms with Crippen LogP contribution < -0.4 is 0 Å². The van der Waals surface area contributed by atoms with Gasteiger partial charge in [-0.15, -0.1) is 11.3 Å². The highest BCUT2D eigenvalue weighted by atomic mass is 32.1. The molecule has 3 heterocycles. The number of thiazole rings is 1. The molecule has 2 aliphatic heterocycles. The van der Waals surface area contributed by atoms with Crippen molar-refractivity contribution < 1.29 is 5.11 Å². The van der Waals surface area contributed by atoms with Gasteiger partial charge >= 0.3 is 0 Å². The van der Waals surface area contributed by atoms with Crippen molar-refractivity contribution in [2.75, 3.05) is 46.4 Å². The highest BCUT2D eigenvalue weighted by molar-refractivity contribution is 7.09. The van der Waals surface area contributed by atoms with Gasteiger partial charge in [0.1, 0.15) is 5.01 Å². The Hall–Kier alpha value is -1.31. The minimum atomic E-state index is 0.275. The lowest BCUT2D eigenvalue weighted by Crippen LogP contribution is -2.58. The summed E-state index contributed by atoms with van der Waals surface area (Å²) in [4.78, 5) is 12.5. The predicted molar refractivity (Wildman–Crippen MR) is 116 cm³/mol. The van der Waals surface area contributed by atoms with Gasteiger partial charge in [0.2, 0.25) is 0 Å². The number of nitrogens with zero attached hydrogens (tertiary/aromatic N) is 4. The van der Waals surface area contributed by atoms with Crippen molar-refractivity contribution in [1.29, 1.82) is 0 Å². The van der Waals surface area contributed by atoms with Crippen LogP contribution in [0.2, 0.25) is 0 Å². The molecule has 152 valence electrons. The first-order valence-electron chi connectivity index (χ1n) is 10.5. The molecule has 1 atom stereocenters. The zero-order chi connectivity index (χ0) is 19.3. The molecule has 0 unspecified atom stereocenters. The summed E-state index contributed by atoms with van der Waals surface area (Å²) in [5, 5.41) is 13.0. The molecule has 1 N–H and O–H groups in total. The molecule has 0 spiro atoms. The van der Waals surface area contributed by atoms with E-state index in [0.29, 0.717) is 12.1 Å². The number of aliphatic hydroxyl groups excluding tert-OH is 1. The molecule has 0 aliphatic carbocycles. The molecule has 2 aliphatic rings. The summed E-state index contributed by atoms with van der Waals surface area (Å²) < 4.78 is 0. The zero-order valence-corrected chi connectivity index (χ0v) is 17.7. The van der Waals surface area contributed by atoms with E-state index in [9.17, 15) is 5.11 Å². The third-order valence-electron chi connectivity index (χ3n) is 6.21. The van der Waals surface area contributed by atoms with E-state index < -0.39 is 0 Å². The quantitative estimate of drug-likeness (QED) is 0.808. The molecule has 0 amide bonds. The van der Waals surface area contributed by atoms with E-state index in [2.05, 4.69) is 51.4 Å². The van der Waals surface area contributed by atoms with E-state index in [0.717, 1.165) is 38.3 Å². The summed E-state index contributed by atoms with van der Waals surface area (Å²) in [6.45, 7) is 6.81. The van der Waals surface area contributed by atoms with E-state index in [-0.39, 0.29) is 6.61 Å². The molecule has 1 aromatic heterocycles. The Labute approximate surface area is 172 Å². The Morgan fingerprint density at radius 3 is 2.64 bits per heavy atom.